The van der Waals surface area contributed by atoms with Gasteiger partial charge in [0, 0.05) is 24.9 Å². The first-order valence-corrected chi connectivity index (χ1v) is 3.50. The van der Waals surface area contributed by atoms with Gasteiger partial charge >= 0.3 is 0 Å². The lowest BCUT2D eigenvalue weighted by Crippen LogP contribution is -2.14. The molecule has 1 amide bonds. The van der Waals surface area contributed by atoms with E-state index < -0.39 is 0 Å². The van der Waals surface area contributed by atoms with E-state index in [9.17, 15) is 4.79 Å². The molecule has 0 fully saturated rings. The molecule has 0 bridgehead atoms. The second kappa shape index (κ2) is 4.44. The smallest absolute Gasteiger partial charge is 0.207 e. The third kappa shape index (κ3) is 2.80. The highest BCUT2D eigenvalue weighted by molar-refractivity contribution is 5.45. The minimum absolute atomic E-state index is 0.653. The molecule has 11 heavy (non-hydrogen) atoms. The molecule has 0 aliphatic heterocycles. The molecule has 0 spiro atoms. The van der Waals surface area contributed by atoms with Crippen molar-refractivity contribution in [3.8, 4) is 0 Å². The van der Waals surface area contributed by atoms with Crippen molar-refractivity contribution in [2.24, 2.45) is 0 Å². The van der Waals surface area contributed by atoms with Crippen molar-refractivity contribution >= 4 is 6.41 Å². The molecule has 0 aromatic carbocycles. The number of carbonyl (C=O) groups is 1. The van der Waals surface area contributed by atoms with Crippen molar-refractivity contribution < 1.29 is 4.79 Å². The molecule has 3 heteroatoms. The average molecular weight is 150 g/mol. The first-order valence-electron chi connectivity index (χ1n) is 3.50. The molecular weight excluding hydrogens is 140 g/mol. The molecule has 1 rings (SSSR count). The van der Waals surface area contributed by atoms with Crippen LogP contribution in [-0.2, 0) is 11.2 Å². The van der Waals surface area contributed by atoms with Gasteiger partial charge in [0.2, 0.25) is 6.41 Å². The second-order valence-corrected chi connectivity index (χ2v) is 2.14. The quantitative estimate of drug-likeness (QED) is 0.497. The molecular formula is C8H10N2O. The zero-order valence-corrected chi connectivity index (χ0v) is 6.16. The van der Waals surface area contributed by atoms with Gasteiger partial charge in [0.05, 0.1) is 0 Å². The summed E-state index contributed by atoms with van der Waals surface area (Å²) in [6, 6.07) is 5.74. The van der Waals surface area contributed by atoms with Gasteiger partial charge in [-0.3, -0.25) is 9.78 Å². The zero-order chi connectivity index (χ0) is 7.94. The fourth-order valence-electron chi connectivity index (χ4n) is 0.805. The van der Waals surface area contributed by atoms with Crippen molar-refractivity contribution in [2.75, 3.05) is 6.54 Å². The lowest BCUT2D eigenvalue weighted by Gasteiger charge is -1.97. The summed E-state index contributed by atoms with van der Waals surface area (Å²) in [6.07, 6.45) is 3.23. The van der Waals surface area contributed by atoms with Gasteiger partial charge in [0.1, 0.15) is 0 Å². The van der Waals surface area contributed by atoms with Crippen molar-refractivity contribution in [1.82, 2.24) is 10.3 Å². The standard InChI is InChI=1S/C8H10N2O/c11-7-9-6-4-8-3-1-2-5-10-8/h1-3,5,7H,4,6H2,(H,9,11). The van der Waals surface area contributed by atoms with Gasteiger partial charge in [-0.15, -0.1) is 0 Å². The fraction of sp³-hybridized carbons (Fsp3) is 0.250. The van der Waals surface area contributed by atoms with Gasteiger partial charge in [-0.1, -0.05) is 6.07 Å². The molecule has 0 saturated carbocycles. The van der Waals surface area contributed by atoms with Crippen LogP contribution in [0.15, 0.2) is 24.4 Å². The third-order valence-corrected chi connectivity index (χ3v) is 1.33. The van der Waals surface area contributed by atoms with Crippen LogP contribution >= 0.6 is 0 Å². The second-order valence-electron chi connectivity index (χ2n) is 2.14. The van der Waals surface area contributed by atoms with Crippen molar-refractivity contribution in [3.63, 3.8) is 0 Å². The van der Waals surface area contributed by atoms with E-state index in [1.54, 1.807) is 6.20 Å². The predicted octanol–water partition coefficient (Wildman–Crippen LogP) is 0.370. The maximum atomic E-state index is 9.86. The van der Waals surface area contributed by atoms with Crippen LogP contribution < -0.4 is 5.32 Å². The van der Waals surface area contributed by atoms with E-state index in [4.69, 9.17) is 0 Å². The van der Waals surface area contributed by atoms with Gasteiger partial charge < -0.3 is 5.32 Å². The van der Waals surface area contributed by atoms with E-state index in [-0.39, 0.29) is 0 Å². The highest BCUT2D eigenvalue weighted by Gasteiger charge is 1.89. The summed E-state index contributed by atoms with van der Waals surface area (Å²) < 4.78 is 0. The van der Waals surface area contributed by atoms with E-state index in [1.165, 1.54) is 0 Å². The van der Waals surface area contributed by atoms with Crippen LogP contribution in [-0.4, -0.2) is 17.9 Å². The summed E-state index contributed by atoms with van der Waals surface area (Å²) in [7, 11) is 0. The Balaban J connectivity index is 2.33. The first-order chi connectivity index (χ1) is 5.43. The monoisotopic (exact) mass is 150 g/mol. The Morgan fingerprint density at radius 2 is 2.45 bits per heavy atom. The van der Waals surface area contributed by atoms with E-state index >= 15 is 0 Å². The van der Waals surface area contributed by atoms with Crippen LogP contribution in [0.4, 0.5) is 0 Å². The molecule has 1 aromatic heterocycles. The van der Waals surface area contributed by atoms with Crippen molar-refractivity contribution in [3.05, 3.63) is 30.1 Å². The Morgan fingerprint density at radius 3 is 3.09 bits per heavy atom. The number of rotatable bonds is 4. The summed E-state index contributed by atoms with van der Waals surface area (Å²) >= 11 is 0. The zero-order valence-electron chi connectivity index (χ0n) is 6.16. The number of hydrogen-bond donors (Lipinski definition) is 1. The molecule has 3 nitrogen and oxygen atoms in total. The van der Waals surface area contributed by atoms with E-state index in [0.717, 1.165) is 12.1 Å². The molecule has 0 atom stereocenters. The lowest BCUT2D eigenvalue weighted by atomic mass is 10.3. The van der Waals surface area contributed by atoms with Gasteiger partial charge in [-0.05, 0) is 12.1 Å². The molecule has 1 aromatic rings. The normalized spacial score (nSPS) is 9.09. The van der Waals surface area contributed by atoms with Gasteiger partial charge in [0.15, 0.2) is 0 Å². The Labute approximate surface area is 65.5 Å². The summed E-state index contributed by atoms with van der Waals surface area (Å²) in [6.45, 7) is 0.653. The highest BCUT2D eigenvalue weighted by atomic mass is 16.1. The Hall–Kier alpha value is -1.38. The number of nitrogens with one attached hydrogen (secondary N) is 1. The van der Waals surface area contributed by atoms with Gasteiger partial charge in [-0.2, -0.15) is 0 Å². The fourth-order valence-corrected chi connectivity index (χ4v) is 0.805. The van der Waals surface area contributed by atoms with Gasteiger partial charge in [-0.25, -0.2) is 0 Å². The van der Waals surface area contributed by atoms with Crippen LogP contribution in [0.3, 0.4) is 0 Å². The number of aromatic nitrogens is 1. The molecule has 0 aliphatic rings. The minimum Gasteiger partial charge on any atom is -0.358 e. The van der Waals surface area contributed by atoms with Crippen molar-refractivity contribution in [2.45, 2.75) is 6.42 Å². The molecule has 1 heterocycles. The van der Waals surface area contributed by atoms with E-state index in [1.807, 2.05) is 18.2 Å². The number of nitrogens with zero attached hydrogens (tertiary/aromatic N) is 1. The number of carbonyl (C=O) groups excluding carboxylic acids is 1. The largest absolute Gasteiger partial charge is 0.358 e. The summed E-state index contributed by atoms with van der Waals surface area (Å²) in [5.41, 5.74) is 1.00. The molecule has 0 radical (unpaired) electrons. The molecule has 0 aliphatic carbocycles. The summed E-state index contributed by atoms with van der Waals surface area (Å²) in [5, 5.41) is 2.58. The van der Waals surface area contributed by atoms with Crippen molar-refractivity contribution in [1.29, 1.82) is 0 Å². The number of hydrogen-bond acceptors (Lipinski definition) is 2. The minimum atomic E-state index is 0.653. The first kappa shape index (κ1) is 7.72. The number of pyridine rings is 1. The number of amides is 1. The maximum Gasteiger partial charge on any atom is 0.207 e. The van der Waals surface area contributed by atoms with Crippen LogP contribution in [0.5, 0.6) is 0 Å². The molecule has 1 N–H and O–H groups in total. The topological polar surface area (TPSA) is 42.0 Å². The lowest BCUT2D eigenvalue weighted by molar-refractivity contribution is -0.109. The Morgan fingerprint density at radius 1 is 1.55 bits per heavy atom. The Kier molecular flexibility index (Phi) is 3.12. The average Bonchev–Trinajstić information content (AvgIpc) is 2.07. The van der Waals surface area contributed by atoms with Crippen LogP contribution in [0, 0.1) is 0 Å². The van der Waals surface area contributed by atoms with E-state index in [2.05, 4.69) is 10.3 Å². The van der Waals surface area contributed by atoms with Crippen LogP contribution in [0.25, 0.3) is 0 Å². The van der Waals surface area contributed by atoms with Gasteiger partial charge in [0.25, 0.3) is 0 Å². The van der Waals surface area contributed by atoms with E-state index in [0.29, 0.717) is 13.0 Å². The van der Waals surface area contributed by atoms with Crippen LogP contribution in [0.1, 0.15) is 5.69 Å². The molecule has 0 saturated heterocycles. The summed E-state index contributed by atoms with van der Waals surface area (Å²) in [5.74, 6) is 0. The highest BCUT2D eigenvalue weighted by Crippen LogP contribution is 1.92. The third-order valence-electron chi connectivity index (χ3n) is 1.33. The SMILES string of the molecule is O=CNCCc1ccccn1. The van der Waals surface area contributed by atoms with Crippen LogP contribution in [0.2, 0.25) is 0 Å². The Bertz CT molecular complexity index is 211. The summed E-state index contributed by atoms with van der Waals surface area (Å²) in [4.78, 5) is 14.0. The molecule has 0 unspecified atom stereocenters. The molecule has 58 valence electrons. The maximum absolute atomic E-state index is 9.86. The predicted molar refractivity (Wildman–Crippen MR) is 42.0 cm³/mol.